The Hall–Kier alpha value is -1.81. The molecule has 2 atom stereocenters. The zero-order valence-electron chi connectivity index (χ0n) is 14.1. The maximum Gasteiger partial charge on any atom is 0.314 e. The highest BCUT2D eigenvalue weighted by Crippen LogP contribution is 2.50. The van der Waals surface area contributed by atoms with E-state index in [0.717, 1.165) is 61.9 Å². The highest BCUT2D eigenvalue weighted by atomic mass is 16.5. The molecule has 0 radical (unpaired) electrons. The number of aliphatic hydroxyl groups excluding tert-OH is 1. The molecule has 4 aliphatic carbocycles. The second-order valence-corrected chi connectivity index (χ2v) is 7.42. The van der Waals surface area contributed by atoms with Crippen molar-refractivity contribution < 1.29 is 19.7 Å². The van der Waals surface area contributed by atoms with Gasteiger partial charge in [-0.2, -0.15) is 0 Å². The van der Waals surface area contributed by atoms with Crippen molar-refractivity contribution in [3.63, 3.8) is 0 Å². The summed E-state index contributed by atoms with van der Waals surface area (Å²) in [5, 5.41) is 19.9. The Morgan fingerprint density at radius 1 is 1.08 bits per heavy atom. The van der Waals surface area contributed by atoms with E-state index >= 15 is 0 Å². The van der Waals surface area contributed by atoms with Crippen LogP contribution < -0.4 is 0 Å². The van der Waals surface area contributed by atoms with Gasteiger partial charge in [0.15, 0.2) is 0 Å². The van der Waals surface area contributed by atoms with Gasteiger partial charge in [-0.3, -0.25) is 4.79 Å². The summed E-state index contributed by atoms with van der Waals surface area (Å²) >= 11 is 0. The Morgan fingerprint density at radius 3 is 2.62 bits per heavy atom. The van der Waals surface area contributed by atoms with Crippen LogP contribution in [0.15, 0.2) is 45.3 Å². The second kappa shape index (κ2) is 5.92. The van der Waals surface area contributed by atoms with Crippen LogP contribution in [0.1, 0.15) is 51.4 Å². The number of aliphatic carboxylic acids is 1. The first-order valence-electron chi connectivity index (χ1n) is 8.82. The Morgan fingerprint density at radius 2 is 1.88 bits per heavy atom. The molecule has 0 fully saturated rings. The van der Waals surface area contributed by atoms with Gasteiger partial charge in [-0.15, -0.1) is 0 Å². The van der Waals surface area contributed by atoms with Crippen LogP contribution in [0.5, 0.6) is 0 Å². The number of hydrogen-bond donors (Lipinski definition) is 2. The molecule has 4 heteroatoms. The summed E-state index contributed by atoms with van der Waals surface area (Å²) in [6.07, 6.45) is 8.24. The largest absolute Gasteiger partial charge is 0.501 e. The molecule has 0 saturated heterocycles. The fourth-order valence-corrected chi connectivity index (χ4v) is 4.83. The summed E-state index contributed by atoms with van der Waals surface area (Å²) in [5.74, 6) is -0.288. The normalized spacial score (nSPS) is 29.7. The number of rotatable bonds is 2. The van der Waals surface area contributed by atoms with Crippen LogP contribution in [0.3, 0.4) is 0 Å². The van der Waals surface area contributed by atoms with Gasteiger partial charge in [-0.05, 0) is 62.2 Å². The van der Waals surface area contributed by atoms with Crippen LogP contribution in [0.4, 0.5) is 0 Å². The Bertz CT molecular complexity index is 720. The first-order chi connectivity index (χ1) is 11.6. The van der Waals surface area contributed by atoms with Crippen molar-refractivity contribution in [1.82, 2.24) is 0 Å². The third-order valence-electron chi connectivity index (χ3n) is 6.07. The highest BCUT2D eigenvalue weighted by molar-refractivity contribution is 5.79. The lowest BCUT2D eigenvalue weighted by atomic mass is 9.66. The quantitative estimate of drug-likeness (QED) is 0.760. The average molecular weight is 328 g/mol. The van der Waals surface area contributed by atoms with E-state index in [9.17, 15) is 15.0 Å². The number of allylic oxidation sites excluding steroid dienone is 5. The van der Waals surface area contributed by atoms with Gasteiger partial charge in [0.2, 0.25) is 0 Å². The molecule has 24 heavy (non-hydrogen) atoms. The van der Waals surface area contributed by atoms with Gasteiger partial charge in [0, 0.05) is 6.42 Å². The molecule has 0 aromatic heterocycles. The molecule has 2 unspecified atom stereocenters. The van der Waals surface area contributed by atoms with E-state index in [1.165, 1.54) is 22.3 Å². The third kappa shape index (κ3) is 2.53. The molecule has 0 aliphatic heterocycles. The van der Waals surface area contributed by atoms with Gasteiger partial charge >= 0.3 is 5.97 Å². The number of carbonyl (C=O) groups is 1. The van der Waals surface area contributed by atoms with Crippen molar-refractivity contribution >= 4 is 5.97 Å². The molecule has 4 rings (SSSR count). The Kier molecular flexibility index (Phi) is 3.87. The molecule has 0 aromatic carbocycles. The van der Waals surface area contributed by atoms with Crippen LogP contribution in [0.2, 0.25) is 0 Å². The topological polar surface area (TPSA) is 66.8 Å². The van der Waals surface area contributed by atoms with Gasteiger partial charge in [0.1, 0.15) is 0 Å². The number of carboxylic acids is 1. The fraction of sp³-hybridized carbons (Fsp3) is 0.550. The molecule has 4 aliphatic rings. The molecular formula is C20H24O4. The minimum atomic E-state index is -0.758. The van der Waals surface area contributed by atoms with Crippen molar-refractivity contribution in [2.75, 3.05) is 7.11 Å². The van der Waals surface area contributed by atoms with Crippen molar-refractivity contribution in [3.8, 4) is 0 Å². The average Bonchev–Trinajstić information content (AvgIpc) is 2.57. The molecule has 2 N–H and O–H groups in total. The summed E-state index contributed by atoms with van der Waals surface area (Å²) < 4.78 is 5.40. The number of ether oxygens (including phenoxy) is 1. The van der Waals surface area contributed by atoms with E-state index in [4.69, 9.17) is 4.74 Å². The number of hydrogen-bond acceptors (Lipinski definition) is 3. The maximum absolute atomic E-state index is 12.0. The molecule has 0 saturated carbocycles. The lowest BCUT2D eigenvalue weighted by Gasteiger charge is -2.39. The molecule has 0 bridgehead atoms. The summed E-state index contributed by atoms with van der Waals surface area (Å²) in [5.41, 5.74) is 7.48. The molecule has 128 valence electrons. The van der Waals surface area contributed by atoms with Gasteiger partial charge in [0.25, 0.3) is 0 Å². The van der Waals surface area contributed by atoms with E-state index in [-0.39, 0.29) is 6.10 Å². The molecule has 0 amide bonds. The van der Waals surface area contributed by atoms with Crippen LogP contribution in [0.25, 0.3) is 0 Å². The van der Waals surface area contributed by atoms with Gasteiger partial charge in [0.05, 0.1) is 24.9 Å². The minimum Gasteiger partial charge on any atom is -0.501 e. The third-order valence-corrected chi connectivity index (χ3v) is 6.07. The van der Waals surface area contributed by atoms with Crippen LogP contribution in [-0.4, -0.2) is 29.4 Å². The first kappa shape index (κ1) is 15.7. The van der Waals surface area contributed by atoms with E-state index in [1.807, 2.05) is 0 Å². The SMILES string of the molecule is COC1=CCC2=C(C1)CC1=C(C2)CC2=C(CC(O)CC2)C1C(=O)O. The zero-order valence-corrected chi connectivity index (χ0v) is 14.1. The van der Waals surface area contributed by atoms with E-state index in [2.05, 4.69) is 6.08 Å². The van der Waals surface area contributed by atoms with Crippen molar-refractivity contribution in [2.45, 2.75) is 57.5 Å². The van der Waals surface area contributed by atoms with Crippen molar-refractivity contribution in [2.24, 2.45) is 5.92 Å². The summed E-state index contributed by atoms with van der Waals surface area (Å²) in [7, 11) is 1.70. The lowest BCUT2D eigenvalue weighted by molar-refractivity contribution is -0.139. The predicted octanol–water partition coefficient (Wildman–Crippen LogP) is 3.64. The number of methoxy groups -OCH3 is 1. The molecule has 0 aromatic rings. The fourth-order valence-electron chi connectivity index (χ4n) is 4.83. The summed E-state index contributed by atoms with van der Waals surface area (Å²) in [6.45, 7) is 0. The number of aliphatic hydroxyl groups is 1. The van der Waals surface area contributed by atoms with E-state index in [1.54, 1.807) is 7.11 Å². The molecule has 0 heterocycles. The smallest absolute Gasteiger partial charge is 0.314 e. The summed E-state index contributed by atoms with van der Waals surface area (Å²) in [6, 6.07) is 0. The highest BCUT2D eigenvalue weighted by Gasteiger charge is 2.39. The first-order valence-corrected chi connectivity index (χ1v) is 8.82. The van der Waals surface area contributed by atoms with Gasteiger partial charge < -0.3 is 14.9 Å². The van der Waals surface area contributed by atoms with Gasteiger partial charge in [-0.25, -0.2) is 0 Å². The Balaban J connectivity index is 1.65. The van der Waals surface area contributed by atoms with E-state index in [0.29, 0.717) is 6.42 Å². The Labute approximate surface area is 142 Å². The van der Waals surface area contributed by atoms with Crippen molar-refractivity contribution in [1.29, 1.82) is 0 Å². The van der Waals surface area contributed by atoms with Crippen LogP contribution in [-0.2, 0) is 9.53 Å². The number of carboxylic acid groups (broad SMARTS) is 1. The maximum atomic E-state index is 12.0. The summed E-state index contributed by atoms with van der Waals surface area (Å²) in [4.78, 5) is 12.0. The molecule has 4 nitrogen and oxygen atoms in total. The molecular weight excluding hydrogens is 304 g/mol. The van der Waals surface area contributed by atoms with Crippen molar-refractivity contribution in [3.05, 3.63) is 45.3 Å². The second-order valence-electron chi connectivity index (χ2n) is 7.42. The van der Waals surface area contributed by atoms with E-state index < -0.39 is 11.9 Å². The zero-order chi connectivity index (χ0) is 16.8. The van der Waals surface area contributed by atoms with Gasteiger partial charge in [-0.1, -0.05) is 22.3 Å². The minimum absolute atomic E-state index is 0.385. The lowest BCUT2D eigenvalue weighted by Crippen LogP contribution is -2.31. The van der Waals surface area contributed by atoms with Crippen LogP contribution >= 0.6 is 0 Å². The monoisotopic (exact) mass is 328 g/mol. The van der Waals surface area contributed by atoms with Crippen LogP contribution in [0, 0.1) is 5.92 Å². The predicted molar refractivity (Wildman–Crippen MR) is 90.2 cm³/mol. The molecule has 0 spiro atoms. The standard InChI is InChI=1S/C20H24O4/c1-24-16-5-3-11-6-14-7-12-2-4-15(21)10-18(12)19(20(22)23)17(14)9-13(11)8-16/h5,15,19,21H,2-4,6-10H2,1H3,(H,22,23).